The van der Waals surface area contributed by atoms with Crippen LogP contribution in [0.25, 0.3) is 0 Å². The minimum Gasteiger partial charge on any atom is -0.494 e. The quantitative estimate of drug-likeness (QED) is 0.789. The van der Waals surface area contributed by atoms with Crippen molar-refractivity contribution < 1.29 is 4.74 Å². The summed E-state index contributed by atoms with van der Waals surface area (Å²) in [6.07, 6.45) is 1.01. The lowest BCUT2D eigenvalue weighted by Crippen LogP contribution is -2.08. The molecule has 2 aromatic rings. The highest BCUT2D eigenvalue weighted by Crippen LogP contribution is 2.14. The van der Waals surface area contributed by atoms with Crippen molar-refractivity contribution in [3.05, 3.63) is 65.2 Å². The van der Waals surface area contributed by atoms with E-state index in [1.807, 2.05) is 50.2 Å². The van der Waals surface area contributed by atoms with Gasteiger partial charge >= 0.3 is 0 Å². The molecule has 128 valence electrons. The van der Waals surface area contributed by atoms with Crippen molar-refractivity contribution in [3.63, 3.8) is 0 Å². The Bertz CT molecular complexity index is 632. The van der Waals surface area contributed by atoms with Crippen molar-refractivity contribution in [1.82, 2.24) is 0 Å². The number of nitrogens with two attached hydrogens (primary N) is 1. The van der Waals surface area contributed by atoms with Gasteiger partial charge in [0.25, 0.3) is 0 Å². The fourth-order valence-corrected chi connectivity index (χ4v) is 2.03. The van der Waals surface area contributed by atoms with Crippen molar-refractivity contribution in [1.29, 1.82) is 0 Å². The van der Waals surface area contributed by atoms with E-state index >= 15 is 0 Å². The third kappa shape index (κ3) is 6.48. The molecule has 0 radical (unpaired) electrons. The average Bonchev–Trinajstić information content (AvgIpc) is 2.67. The number of hydrogen-bond acceptors (Lipinski definition) is 2. The summed E-state index contributed by atoms with van der Waals surface area (Å²) < 4.78 is 5.56. The largest absolute Gasteiger partial charge is 0.494 e. The van der Waals surface area contributed by atoms with Crippen molar-refractivity contribution in [2.75, 3.05) is 13.2 Å². The predicted octanol–water partition coefficient (Wildman–Crippen LogP) is 4.96. The molecular formula is C22H29NO. The zero-order valence-electron chi connectivity index (χ0n) is 15.3. The van der Waals surface area contributed by atoms with Crippen molar-refractivity contribution in [3.8, 4) is 17.6 Å². The molecule has 0 amide bonds. The molecule has 2 rings (SSSR count). The molecule has 0 aromatic heterocycles. The topological polar surface area (TPSA) is 35.2 Å². The highest BCUT2D eigenvalue weighted by atomic mass is 16.5. The van der Waals surface area contributed by atoms with Gasteiger partial charge in [-0.25, -0.2) is 0 Å². The smallest absolute Gasteiger partial charge is 0.119 e. The standard InChI is InChI=1S/C20H23NO.C2H6/c1-3-14-22-20-12-8-18(9-13-20)5-4-17-6-10-19(11-7-17)16(2)15-21;1-2/h6-13,16H,3,14-15,21H2,1-2H3;1-2H3. The SMILES string of the molecule is CC.CCCOc1ccc(C#Cc2ccc(C(C)CN)cc2)cc1. The molecular weight excluding hydrogens is 294 g/mol. The van der Waals surface area contributed by atoms with Gasteiger partial charge in [-0.15, -0.1) is 0 Å². The van der Waals surface area contributed by atoms with Gasteiger partial charge in [-0.2, -0.15) is 0 Å². The van der Waals surface area contributed by atoms with Crippen LogP contribution in [-0.4, -0.2) is 13.2 Å². The fraction of sp³-hybridized carbons (Fsp3) is 0.364. The second-order valence-corrected chi connectivity index (χ2v) is 5.38. The first kappa shape index (κ1) is 19.8. The third-order valence-electron chi connectivity index (χ3n) is 3.51. The van der Waals surface area contributed by atoms with Gasteiger partial charge in [-0.05, 0) is 60.8 Å². The van der Waals surface area contributed by atoms with E-state index in [9.17, 15) is 0 Å². The van der Waals surface area contributed by atoms with E-state index in [1.54, 1.807) is 0 Å². The van der Waals surface area contributed by atoms with Crippen LogP contribution in [0.2, 0.25) is 0 Å². The maximum absolute atomic E-state index is 5.68. The van der Waals surface area contributed by atoms with Gasteiger partial charge in [0, 0.05) is 11.1 Å². The Kier molecular flexibility index (Phi) is 9.34. The van der Waals surface area contributed by atoms with Gasteiger partial charge in [0.1, 0.15) is 5.75 Å². The minimum atomic E-state index is 0.387. The van der Waals surface area contributed by atoms with Crippen LogP contribution >= 0.6 is 0 Å². The maximum atomic E-state index is 5.68. The summed E-state index contributed by atoms with van der Waals surface area (Å²) in [4.78, 5) is 0. The summed E-state index contributed by atoms with van der Waals surface area (Å²) in [5.74, 6) is 7.64. The number of ether oxygens (including phenoxy) is 1. The first-order valence-electron chi connectivity index (χ1n) is 8.78. The lowest BCUT2D eigenvalue weighted by atomic mass is 10.0. The van der Waals surface area contributed by atoms with Gasteiger partial charge in [0.2, 0.25) is 0 Å². The second-order valence-electron chi connectivity index (χ2n) is 5.38. The Morgan fingerprint density at radius 2 is 1.42 bits per heavy atom. The Balaban J connectivity index is 0.00000139. The number of benzene rings is 2. The van der Waals surface area contributed by atoms with E-state index in [2.05, 4.69) is 37.8 Å². The molecule has 2 N–H and O–H groups in total. The van der Waals surface area contributed by atoms with E-state index in [4.69, 9.17) is 10.5 Å². The Morgan fingerprint density at radius 1 is 0.917 bits per heavy atom. The lowest BCUT2D eigenvalue weighted by molar-refractivity contribution is 0.317. The third-order valence-corrected chi connectivity index (χ3v) is 3.51. The molecule has 0 aliphatic heterocycles. The van der Waals surface area contributed by atoms with Crippen LogP contribution in [0.3, 0.4) is 0 Å². The van der Waals surface area contributed by atoms with Gasteiger partial charge in [-0.1, -0.05) is 51.7 Å². The molecule has 0 spiro atoms. The van der Waals surface area contributed by atoms with Crippen molar-refractivity contribution in [2.45, 2.75) is 40.0 Å². The molecule has 0 fully saturated rings. The summed E-state index contributed by atoms with van der Waals surface area (Å²) in [6.45, 7) is 9.64. The summed E-state index contributed by atoms with van der Waals surface area (Å²) in [6, 6.07) is 16.2. The first-order chi connectivity index (χ1) is 11.7. The Hall–Kier alpha value is -2.24. The molecule has 2 aromatic carbocycles. The highest BCUT2D eigenvalue weighted by Gasteiger charge is 2.01. The molecule has 24 heavy (non-hydrogen) atoms. The first-order valence-corrected chi connectivity index (χ1v) is 8.78. The van der Waals surface area contributed by atoms with E-state index < -0.39 is 0 Å². The van der Waals surface area contributed by atoms with Gasteiger partial charge in [0.05, 0.1) is 6.61 Å². The molecule has 0 saturated carbocycles. The molecule has 0 saturated heterocycles. The fourth-order valence-electron chi connectivity index (χ4n) is 2.03. The summed E-state index contributed by atoms with van der Waals surface area (Å²) in [5, 5.41) is 0. The van der Waals surface area contributed by atoms with Crippen LogP contribution < -0.4 is 10.5 Å². The van der Waals surface area contributed by atoms with Crippen molar-refractivity contribution in [2.24, 2.45) is 5.73 Å². The van der Waals surface area contributed by atoms with E-state index in [0.717, 1.165) is 29.9 Å². The summed E-state index contributed by atoms with van der Waals surface area (Å²) >= 11 is 0. The molecule has 0 heterocycles. The molecule has 1 unspecified atom stereocenters. The number of hydrogen-bond donors (Lipinski definition) is 1. The normalized spacial score (nSPS) is 10.7. The maximum Gasteiger partial charge on any atom is 0.119 e. The van der Waals surface area contributed by atoms with E-state index in [1.165, 1.54) is 5.56 Å². The van der Waals surface area contributed by atoms with Crippen LogP contribution in [0.4, 0.5) is 0 Å². The Labute approximate surface area is 147 Å². The molecule has 0 aliphatic rings. The molecule has 0 bridgehead atoms. The summed E-state index contributed by atoms with van der Waals surface area (Å²) in [7, 11) is 0. The number of rotatable bonds is 5. The molecule has 1 atom stereocenters. The summed E-state index contributed by atoms with van der Waals surface area (Å²) in [5.41, 5.74) is 8.94. The zero-order valence-corrected chi connectivity index (χ0v) is 15.3. The highest BCUT2D eigenvalue weighted by molar-refractivity contribution is 5.45. The monoisotopic (exact) mass is 323 g/mol. The van der Waals surface area contributed by atoms with Gasteiger partial charge in [-0.3, -0.25) is 0 Å². The second kappa shape index (κ2) is 11.3. The van der Waals surface area contributed by atoms with Gasteiger partial charge < -0.3 is 10.5 Å². The van der Waals surface area contributed by atoms with Gasteiger partial charge in [0.15, 0.2) is 0 Å². The van der Waals surface area contributed by atoms with Crippen LogP contribution in [0.1, 0.15) is 56.7 Å². The zero-order chi connectivity index (χ0) is 17.8. The van der Waals surface area contributed by atoms with E-state index in [0.29, 0.717) is 12.5 Å². The van der Waals surface area contributed by atoms with Crippen LogP contribution in [0.15, 0.2) is 48.5 Å². The molecule has 2 nitrogen and oxygen atoms in total. The minimum absolute atomic E-state index is 0.387. The molecule has 2 heteroatoms. The Morgan fingerprint density at radius 3 is 1.88 bits per heavy atom. The van der Waals surface area contributed by atoms with Crippen LogP contribution in [0.5, 0.6) is 5.75 Å². The average molecular weight is 323 g/mol. The molecule has 0 aliphatic carbocycles. The van der Waals surface area contributed by atoms with E-state index in [-0.39, 0.29) is 0 Å². The van der Waals surface area contributed by atoms with Crippen LogP contribution in [-0.2, 0) is 0 Å². The predicted molar refractivity (Wildman–Crippen MR) is 103 cm³/mol. The lowest BCUT2D eigenvalue weighted by Gasteiger charge is -2.07. The van der Waals surface area contributed by atoms with Crippen molar-refractivity contribution >= 4 is 0 Å². The van der Waals surface area contributed by atoms with Crippen LogP contribution in [0, 0.1) is 11.8 Å².